The van der Waals surface area contributed by atoms with Crippen LogP contribution in [0.3, 0.4) is 0 Å². The summed E-state index contributed by atoms with van der Waals surface area (Å²) in [6, 6.07) is 6.25. The lowest BCUT2D eigenvalue weighted by Gasteiger charge is -2.17. The maximum absolute atomic E-state index is 11.9. The summed E-state index contributed by atoms with van der Waals surface area (Å²) in [5.74, 6) is -0.564. The number of aryl methyl sites for hydroxylation is 1. The lowest BCUT2D eigenvalue weighted by Crippen LogP contribution is -2.44. The van der Waals surface area contributed by atoms with E-state index < -0.39 is 12.0 Å². The van der Waals surface area contributed by atoms with Crippen LogP contribution in [0, 0.1) is 5.92 Å². The van der Waals surface area contributed by atoms with Crippen LogP contribution in [0.2, 0.25) is 5.02 Å². The molecular weight excluding hydrogens is 332 g/mol. The molecule has 0 aliphatic rings. The average molecular weight is 351 g/mol. The molecule has 2 rings (SSSR count). The van der Waals surface area contributed by atoms with Crippen molar-refractivity contribution in [1.82, 2.24) is 10.3 Å². The predicted molar refractivity (Wildman–Crippen MR) is 89.7 cm³/mol. The van der Waals surface area contributed by atoms with Crippen molar-refractivity contribution in [3.63, 3.8) is 0 Å². The number of aromatic nitrogens is 1. The van der Waals surface area contributed by atoms with Gasteiger partial charge in [0.05, 0.1) is 6.20 Å². The monoisotopic (exact) mass is 350 g/mol. The fraction of sp³-hybridized carbons (Fsp3) is 0.353. The van der Waals surface area contributed by atoms with Crippen LogP contribution < -0.4 is 5.32 Å². The number of benzene rings is 1. The number of aliphatic carboxylic acids is 1. The maximum atomic E-state index is 11.9. The first-order chi connectivity index (χ1) is 11.4. The molecule has 1 amide bonds. The van der Waals surface area contributed by atoms with Gasteiger partial charge in [0.25, 0.3) is 0 Å². The van der Waals surface area contributed by atoms with Gasteiger partial charge in [-0.25, -0.2) is 9.78 Å². The highest BCUT2D eigenvalue weighted by Gasteiger charge is 2.23. The molecule has 2 N–H and O–H groups in total. The second-order valence-corrected chi connectivity index (χ2v) is 6.19. The number of carbonyl (C=O) groups excluding carboxylic acids is 1. The second-order valence-electron chi connectivity index (χ2n) is 5.75. The van der Waals surface area contributed by atoms with Crippen LogP contribution >= 0.6 is 11.6 Å². The van der Waals surface area contributed by atoms with E-state index in [-0.39, 0.29) is 18.2 Å². The number of carboxylic acids is 1. The molecule has 7 heteroatoms. The zero-order valence-corrected chi connectivity index (χ0v) is 14.2. The zero-order valence-electron chi connectivity index (χ0n) is 13.5. The van der Waals surface area contributed by atoms with Gasteiger partial charge in [-0.15, -0.1) is 0 Å². The summed E-state index contributed by atoms with van der Waals surface area (Å²) >= 11 is 5.84. The summed E-state index contributed by atoms with van der Waals surface area (Å²) in [6.45, 7) is 3.48. The minimum absolute atomic E-state index is 0.108. The number of nitrogens with zero attached hydrogens (tertiary/aromatic N) is 1. The molecule has 1 aromatic heterocycles. The van der Waals surface area contributed by atoms with E-state index in [0.717, 1.165) is 5.56 Å². The van der Waals surface area contributed by atoms with E-state index in [4.69, 9.17) is 21.1 Å². The molecule has 1 aromatic carbocycles. The molecule has 0 saturated heterocycles. The maximum Gasteiger partial charge on any atom is 0.326 e. The molecule has 2 aromatic rings. The summed E-state index contributed by atoms with van der Waals surface area (Å²) < 4.78 is 5.61. The van der Waals surface area contributed by atoms with E-state index >= 15 is 0 Å². The van der Waals surface area contributed by atoms with Crippen molar-refractivity contribution >= 4 is 23.5 Å². The smallest absolute Gasteiger partial charge is 0.326 e. The molecule has 24 heavy (non-hydrogen) atoms. The standard InChI is InChI=1S/C17H19ClN2O4/c1-10(2)16(17(22)23)20-14(21)7-8-15-19-9-13(24-15)11-3-5-12(18)6-4-11/h3-6,9-10,16H,7-8H2,1-2H3,(H,20,21)(H,22,23)/t16-/m0/s1. The van der Waals surface area contributed by atoms with Gasteiger partial charge in [0, 0.05) is 23.4 Å². The fourth-order valence-corrected chi connectivity index (χ4v) is 2.28. The number of nitrogens with one attached hydrogen (secondary N) is 1. The minimum atomic E-state index is -1.04. The van der Waals surface area contributed by atoms with Gasteiger partial charge in [-0.1, -0.05) is 25.4 Å². The number of amides is 1. The Balaban J connectivity index is 1.92. The first kappa shape index (κ1) is 18.0. The van der Waals surface area contributed by atoms with Crippen LogP contribution in [0.15, 0.2) is 34.9 Å². The molecule has 6 nitrogen and oxygen atoms in total. The van der Waals surface area contributed by atoms with E-state index in [0.29, 0.717) is 23.1 Å². The average Bonchev–Trinajstić information content (AvgIpc) is 2.99. The largest absolute Gasteiger partial charge is 0.480 e. The Bertz CT molecular complexity index is 710. The van der Waals surface area contributed by atoms with Crippen molar-refractivity contribution in [2.75, 3.05) is 0 Å². The Morgan fingerprint density at radius 3 is 2.54 bits per heavy atom. The van der Waals surface area contributed by atoms with Gasteiger partial charge in [0.15, 0.2) is 11.7 Å². The zero-order chi connectivity index (χ0) is 17.7. The van der Waals surface area contributed by atoms with E-state index in [1.807, 2.05) is 12.1 Å². The third-order valence-electron chi connectivity index (χ3n) is 3.50. The van der Waals surface area contributed by atoms with Crippen molar-refractivity contribution in [3.05, 3.63) is 41.4 Å². The third kappa shape index (κ3) is 4.83. The number of carboxylic acid groups (broad SMARTS) is 1. The summed E-state index contributed by atoms with van der Waals surface area (Å²) in [5.41, 5.74) is 0.841. The number of carbonyl (C=O) groups is 2. The summed E-state index contributed by atoms with van der Waals surface area (Å²) in [6.07, 6.45) is 1.99. The van der Waals surface area contributed by atoms with Crippen molar-refractivity contribution in [1.29, 1.82) is 0 Å². The van der Waals surface area contributed by atoms with Crippen molar-refractivity contribution < 1.29 is 19.1 Å². The van der Waals surface area contributed by atoms with Gasteiger partial charge in [0.2, 0.25) is 5.91 Å². The van der Waals surface area contributed by atoms with Crippen LogP contribution in [0.4, 0.5) is 0 Å². The fourth-order valence-electron chi connectivity index (χ4n) is 2.15. The second kappa shape index (κ2) is 7.97. The number of rotatable bonds is 7. The van der Waals surface area contributed by atoms with Gasteiger partial charge in [0.1, 0.15) is 6.04 Å². The van der Waals surface area contributed by atoms with E-state index in [9.17, 15) is 9.59 Å². The Morgan fingerprint density at radius 2 is 1.96 bits per heavy atom. The SMILES string of the molecule is CC(C)[C@H](NC(=O)CCc1ncc(-c2ccc(Cl)cc2)o1)C(=O)O. The van der Waals surface area contributed by atoms with Crippen molar-refractivity contribution in [2.45, 2.75) is 32.7 Å². The molecular formula is C17H19ClN2O4. The Kier molecular flexibility index (Phi) is 5.98. The molecule has 1 atom stereocenters. The Hall–Kier alpha value is -2.34. The molecule has 0 unspecified atom stereocenters. The molecule has 128 valence electrons. The lowest BCUT2D eigenvalue weighted by molar-refractivity contribution is -0.143. The number of halogens is 1. The first-order valence-electron chi connectivity index (χ1n) is 7.59. The minimum Gasteiger partial charge on any atom is -0.480 e. The summed E-state index contributed by atoms with van der Waals surface area (Å²) in [5, 5.41) is 12.2. The first-order valence-corrected chi connectivity index (χ1v) is 7.97. The van der Waals surface area contributed by atoms with Crippen LogP contribution in [-0.2, 0) is 16.0 Å². The highest BCUT2D eigenvalue weighted by atomic mass is 35.5. The molecule has 0 saturated carbocycles. The number of hydrogen-bond acceptors (Lipinski definition) is 4. The molecule has 1 heterocycles. The molecule has 0 bridgehead atoms. The van der Waals surface area contributed by atoms with Crippen LogP contribution in [-0.4, -0.2) is 28.0 Å². The van der Waals surface area contributed by atoms with Crippen LogP contribution in [0.1, 0.15) is 26.2 Å². The topological polar surface area (TPSA) is 92.4 Å². The Labute approximate surface area is 144 Å². The predicted octanol–water partition coefficient (Wildman–Crippen LogP) is 3.15. The van der Waals surface area contributed by atoms with Gasteiger partial charge >= 0.3 is 5.97 Å². The normalized spacial score (nSPS) is 12.2. The number of hydrogen-bond donors (Lipinski definition) is 2. The highest BCUT2D eigenvalue weighted by Crippen LogP contribution is 2.22. The van der Waals surface area contributed by atoms with E-state index in [1.165, 1.54) is 0 Å². The van der Waals surface area contributed by atoms with Gasteiger partial charge in [-0.2, -0.15) is 0 Å². The van der Waals surface area contributed by atoms with Crippen molar-refractivity contribution in [3.8, 4) is 11.3 Å². The number of oxazole rings is 1. The lowest BCUT2D eigenvalue weighted by atomic mass is 10.0. The van der Waals surface area contributed by atoms with E-state index in [2.05, 4.69) is 10.3 Å². The van der Waals surface area contributed by atoms with Gasteiger partial charge in [-0.05, 0) is 30.2 Å². The summed E-state index contributed by atoms with van der Waals surface area (Å²) in [7, 11) is 0. The van der Waals surface area contributed by atoms with Gasteiger partial charge in [-0.3, -0.25) is 4.79 Å². The van der Waals surface area contributed by atoms with Crippen LogP contribution in [0.5, 0.6) is 0 Å². The Morgan fingerprint density at radius 1 is 1.29 bits per heavy atom. The quantitative estimate of drug-likeness (QED) is 0.800. The summed E-state index contributed by atoms with van der Waals surface area (Å²) in [4.78, 5) is 27.1. The highest BCUT2D eigenvalue weighted by molar-refractivity contribution is 6.30. The van der Waals surface area contributed by atoms with Gasteiger partial charge < -0.3 is 14.8 Å². The molecule has 0 fully saturated rings. The van der Waals surface area contributed by atoms with Crippen molar-refractivity contribution in [2.24, 2.45) is 5.92 Å². The van der Waals surface area contributed by atoms with E-state index in [1.54, 1.807) is 32.2 Å². The molecule has 0 radical (unpaired) electrons. The molecule has 0 aliphatic heterocycles. The third-order valence-corrected chi connectivity index (χ3v) is 3.75. The molecule has 0 spiro atoms. The van der Waals surface area contributed by atoms with Crippen LogP contribution in [0.25, 0.3) is 11.3 Å². The molecule has 0 aliphatic carbocycles.